The summed E-state index contributed by atoms with van der Waals surface area (Å²) < 4.78 is 118. The molecular weight excluding hydrogens is 391 g/mol. The number of esters is 1. The van der Waals surface area contributed by atoms with Crippen molar-refractivity contribution in [3.63, 3.8) is 0 Å². The molecule has 1 atom stereocenters. The Morgan fingerprint density at radius 2 is 1.40 bits per heavy atom. The molecule has 0 N–H and O–H groups in total. The fraction of sp³-hybridized carbons (Fsp3) is 0.923. The number of thioether (sulfide) groups is 1. The zero-order valence-corrected chi connectivity index (χ0v) is 14.2. The normalized spacial score (nSPS) is 15.4. The van der Waals surface area contributed by atoms with E-state index < -0.39 is 54.1 Å². The van der Waals surface area contributed by atoms with Gasteiger partial charge in [0, 0.05) is 6.42 Å². The average molecular weight is 408 g/mol. The van der Waals surface area contributed by atoms with E-state index in [0.29, 0.717) is 0 Å². The topological polar surface area (TPSA) is 26.3 Å². The zero-order chi connectivity index (χ0) is 20.3. The summed E-state index contributed by atoms with van der Waals surface area (Å²) in [5, 5.41) is -0.840. The lowest BCUT2D eigenvalue weighted by Gasteiger charge is -2.33. The van der Waals surface area contributed by atoms with Crippen LogP contribution >= 0.6 is 11.8 Å². The molecule has 0 rings (SSSR count). The van der Waals surface area contributed by atoms with Crippen molar-refractivity contribution in [1.82, 2.24) is 0 Å². The van der Waals surface area contributed by atoms with Gasteiger partial charge >= 0.3 is 29.9 Å². The van der Waals surface area contributed by atoms with Crippen LogP contribution in [0.3, 0.4) is 0 Å². The first-order valence-corrected chi connectivity index (χ1v) is 8.04. The fourth-order valence-electron chi connectivity index (χ4n) is 1.52. The summed E-state index contributed by atoms with van der Waals surface area (Å²) in [6, 6.07) is 0. The van der Waals surface area contributed by atoms with Crippen LogP contribution in [0.4, 0.5) is 39.5 Å². The molecule has 0 amide bonds. The zero-order valence-electron chi connectivity index (χ0n) is 13.4. The maximum atomic E-state index is 13.3. The van der Waals surface area contributed by atoms with Crippen molar-refractivity contribution >= 4 is 17.7 Å². The van der Waals surface area contributed by atoms with E-state index in [-0.39, 0.29) is 5.75 Å². The van der Waals surface area contributed by atoms with E-state index in [4.69, 9.17) is 4.74 Å². The molecule has 12 heteroatoms. The van der Waals surface area contributed by atoms with Crippen molar-refractivity contribution < 1.29 is 49.0 Å². The SMILES string of the molecule is CC(C)OC(=O)C(C)SCCCC(F)(F)C(F)(F)C(F)(F)C(F)(F)F. The molecule has 0 fully saturated rings. The summed E-state index contributed by atoms with van der Waals surface area (Å²) in [4.78, 5) is 11.4. The summed E-state index contributed by atoms with van der Waals surface area (Å²) in [5.74, 6) is -20.1. The number of carbonyl (C=O) groups excluding carboxylic acids is 1. The highest BCUT2D eigenvalue weighted by Gasteiger charge is 2.81. The monoisotopic (exact) mass is 408 g/mol. The fourth-order valence-corrected chi connectivity index (χ4v) is 2.37. The Morgan fingerprint density at radius 3 is 1.80 bits per heavy atom. The van der Waals surface area contributed by atoms with Gasteiger partial charge in [-0.3, -0.25) is 4.79 Å². The van der Waals surface area contributed by atoms with Crippen LogP contribution in [-0.4, -0.2) is 47.0 Å². The number of carbonyl (C=O) groups is 1. The highest BCUT2D eigenvalue weighted by atomic mass is 32.2. The molecule has 2 nitrogen and oxygen atoms in total. The molecule has 0 aromatic carbocycles. The van der Waals surface area contributed by atoms with Crippen molar-refractivity contribution in [3.05, 3.63) is 0 Å². The van der Waals surface area contributed by atoms with Crippen molar-refractivity contribution in [2.75, 3.05) is 5.75 Å². The number of halogens is 9. The molecule has 150 valence electrons. The Kier molecular flexibility index (Phi) is 7.99. The van der Waals surface area contributed by atoms with Gasteiger partial charge in [0.2, 0.25) is 0 Å². The molecule has 0 aliphatic heterocycles. The lowest BCUT2D eigenvalue weighted by atomic mass is 10.00. The third-order valence-corrected chi connectivity index (χ3v) is 4.11. The van der Waals surface area contributed by atoms with Crippen LogP contribution in [0, 0.1) is 0 Å². The van der Waals surface area contributed by atoms with Crippen molar-refractivity contribution in [3.8, 4) is 0 Å². The van der Waals surface area contributed by atoms with Gasteiger partial charge in [0.15, 0.2) is 0 Å². The molecule has 0 saturated heterocycles. The molecule has 0 radical (unpaired) electrons. The molecule has 0 aromatic heterocycles. The minimum Gasteiger partial charge on any atom is -0.462 e. The number of alkyl halides is 9. The first-order chi connectivity index (χ1) is 11.0. The van der Waals surface area contributed by atoms with E-state index in [1.165, 1.54) is 6.92 Å². The molecule has 0 saturated carbocycles. The number of hydrogen-bond acceptors (Lipinski definition) is 3. The third-order valence-electron chi connectivity index (χ3n) is 2.90. The Balaban J connectivity index is 4.71. The van der Waals surface area contributed by atoms with Crippen LogP contribution in [-0.2, 0) is 9.53 Å². The van der Waals surface area contributed by atoms with E-state index in [1.54, 1.807) is 13.8 Å². The number of rotatable bonds is 9. The maximum Gasteiger partial charge on any atom is 0.460 e. The van der Waals surface area contributed by atoms with Crippen LogP contribution in [0.1, 0.15) is 33.6 Å². The van der Waals surface area contributed by atoms with Crippen LogP contribution in [0.5, 0.6) is 0 Å². The van der Waals surface area contributed by atoms with Gasteiger partial charge in [-0.25, -0.2) is 0 Å². The summed E-state index contributed by atoms with van der Waals surface area (Å²) in [6.07, 6.45) is -9.96. The third kappa shape index (κ3) is 5.85. The molecular formula is C13H17F9O2S. The standard InChI is InChI=1S/C13H17F9O2S/c1-7(2)24-9(23)8(3)25-6-4-5-10(14,15)11(16,17)12(18,19)13(20,21)22/h7-8H,4-6H2,1-3H3. The van der Waals surface area contributed by atoms with Crippen molar-refractivity contribution in [2.24, 2.45) is 0 Å². The largest absolute Gasteiger partial charge is 0.462 e. The second kappa shape index (κ2) is 8.26. The van der Waals surface area contributed by atoms with E-state index in [1.807, 2.05) is 0 Å². The lowest BCUT2D eigenvalue weighted by Crippen LogP contribution is -2.60. The molecule has 0 aliphatic rings. The second-order valence-electron chi connectivity index (χ2n) is 5.45. The summed E-state index contributed by atoms with van der Waals surface area (Å²) in [6.45, 7) is 4.46. The van der Waals surface area contributed by atoms with Crippen molar-refractivity contribution in [1.29, 1.82) is 0 Å². The molecule has 25 heavy (non-hydrogen) atoms. The molecule has 1 unspecified atom stereocenters. The van der Waals surface area contributed by atoms with Crippen molar-refractivity contribution in [2.45, 2.75) is 68.9 Å². The van der Waals surface area contributed by atoms with Crippen LogP contribution in [0.15, 0.2) is 0 Å². The summed E-state index contributed by atoms with van der Waals surface area (Å²) in [5.41, 5.74) is 0. The first kappa shape index (κ1) is 24.2. The first-order valence-electron chi connectivity index (χ1n) is 6.99. The molecule has 0 spiro atoms. The van der Waals surface area contributed by atoms with Gasteiger partial charge < -0.3 is 4.74 Å². The number of hydrogen-bond donors (Lipinski definition) is 0. The van der Waals surface area contributed by atoms with Gasteiger partial charge in [0.25, 0.3) is 0 Å². The average Bonchev–Trinajstić information content (AvgIpc) is 2.40. The Labute approximate surface area is 142 Å². The minimum atomic E-state index is -6.87. The quantitative estimate of drug-likeness (QED) is 0.294. The van der Waals surface area contributed by atoms with E-state index in [2.05, 4.69) is 0 Å². The summed E-state index contributed by atoms with van der Waals surface area (Å²) in [7, 11) is 0. The summed E-state index contributed by atoms with van der Waals surface area (Å²) >= 11 is 0.728. The predicted octanol–water partition coefficient (Wildman–Crippen LogP) is 5.31. The number of ether oxygens (including phenoxy) is 1. The van der Waals surface area contributed by atoms with Crippen LogP contribution in [0.25, 0.3) is 0 Å². The highest BCUT2D eigenvalue weighted by molar-refractivity contribution is 8.00. The molecule has 0 aliphatic carbocycles. The van der Waals surface area contributed by atoms with Gasteiger partial charge in [-0.15, -0.1) is 11.8 Å². The van der Waals surface area contributed by atoms with Gasteiger partial charge in [0.05, 0.1) is 11.4 Å². The minimum absolute atomic E-state index is 0.336. The molecule has 0 heterocycles. The van der Waals surface area contributed by atoms with E-state index >= 15 is 0 Å². The van der Waals surface area contributed by atoms with Gasteiger partial charge in [-0.1, -0.05) is 0 Å². The van der Waals surface area contributed by atoms with Gasteiger partial charge in [-0.05, 0) is 32.9 Å². The van der Waals surface area contributed by atoms with Crippen LogP contribution < -0.4 is 0 Å². The van der Waals surface area contributed by atoms with E-state index in [0.717, 1.165) is 11.8 Å². The predicted molar refractivity (Wildman–Crippen MR) is 73.3 cm³/mol. The smallest absolute Gasteiger partial charge is 0.460 e. The lowest BCUT2D eigenvalue weighted by molar-refractivity contribution is -0.396. The maximum absolute atomic E-state index is 13.3. The second-order valence-corrected chi connectivity index (χ2v) is 6.90. The van der Waals surface area contributed by atoms with Gasteiger partial charge in [-0.2, -0.15) is 39.5 Å². The highest BCUT2D eigenvalue weighted by Crippen LogP contribution is 2.54. The Hall–Kier alpha value is -0.810. The molecule has 0 bridgehead atoms. The Bertz CT molecular complexity index is 449. The molecule has 0 aromatic rings. The van der Waals surface area contributed by atoms with E-state index in [9.17, 15) is 44.3 Å². The van der Waals surface area contributed by atoms with Crippen LogP contribution in [0.2, 0.25) is 0 Å². The Morgan fingerprint density at radius 1 is 0.920 bits per heavy atom. The van der Waals surface area contributed by atoms with Gasteiger partial charge in [0.1, 0.15) is 0 Å².